The molecule has 6 heteroatoms. The fraction of sp³-hybridized carbons (Fsp3) is 0.700. The van der Waals surface area contributed by atoms with Crippen molar-refractivity contribution in [2.24, 2.45) is 16.9 Å². The summed E-state index contributed by atoms with van der Waals surface area (Å²) in [6.07, 6.45) is 0.611. The van der Waals surface area contributed by atoms with Crippen molar-refractivity contribution in [2.75, 3.05) is 0 Å². The average Bonchev–Trinajstić information content (AvgIpc) is 2.14. The van der Waals surface area contributed by atoms with Crippen LogP contribution in [0.25, 0.3) is 0 Å². The van der Waals surface area contributed by atoms with Crippen LogP contribution in [-0.4, -0.2) is 22.8 Å². The van der Waals surface area contributed by atoms with Gasteiger partial charge >= 0.3 is 0 Å². The number of carbonyl (C=O) groups excluding carboxylic acids is 2. The number of nitrogens with two attached hydrogens (primary N) is 2. The lowest BCUT2D eigenvalue weighted by Crippen LogP contribution is -2.49. The molecule has 0 saturated heterocycles. The van der Waals surface area contributed by atoms with Gasteiger partial charge in [0.15, 0.2) is 0 Å². The molecule has 2 amide bonds. The van der Waals surface area contributed by atoms with E-state index in [4.69, 9.17) is 23.7 Å². The number of hydrogen-bond acceptors (Lipinski definition) is 3. The van der Waals surface area contributed by atoms with Crippen LogP contribution in [0, 0.1) is 5.41 Å². The number of nitrogens with one attached hydrogen (secondary N) is 1. The molecule has 0 aliphatic heterocycles. The van der Waals surface area contributed by atoms with Crippen molar-refractivity contribution in [3.05, 3.63) is 0 Å². The Morgan fingerprint density at radius 2 is 1.94 bits per heavy atom. The molecule has 0 aromatic heterocycles. The first-order chi connectivity index (χ1) is 7.24. The minimum atomic E-state index is -0.874. The molecule has 0 spiro atoms. The quantitative estimate of drug-likeness (QED) is 0.577. The van der Waals surface area contributed by atoms with Crippen molar-refractivity contribution in [3.8, 4) is 0 Å². The molecule has 0 rings (SSSR count). The zero-order valence-electron chi connectivity index (χ0n) is 9.87. The molecule has 0 saturated carbocycles. The van der Waals surface area contributed by atoms with E-state index in [-0.39, 0.29) is 23.4 Å². The molecule has 0 aliphatic carbocycles. The summed E-state index contributed by atoms with van der Waals surface area (Å²) in [5.74, 6) is -0.724. The van der Waals surface area contributed by atoms with Crippen molar-refractivity contribution in [3.63, 3.8) is 0 Å². The standard InChI is InChI=1S/C10H19N3O2S/c1-4-10(3,8(12)16)9(15)13-6(2)5-7(11)14/h6H,4-5H2,1-3H3,(H2,11,14)(H2,12,16)(H,13,15). The molecule has 0 aromatic carbocycles. The maximum Gasteiger partial charge on any atom is 0.232 e. The lowest BCUT2D eigenvalue weighted by molar-refractivity contribution is -0.127. The minimum Gasteiger partial charge on any atom is -0.392 e. The Morgan fingerprint density at radius 3 is 2.25 bits per heavy atom. The summed E-state index contributed by atoms with van der Waals surface area (Å²) in [7, 11) is 0. The second kappa shape index (κ2) is 5.79. The third-order valence-corrected chi connectivity index (χ3v) is 3.09. The van der Waals surface area contributed by atoms with Crippen LogP contribution in [-0.2, 0) is 9.59 Å². The predicted octanol–water partition coefficient (Wildman–Crippen LogP) is 0.0689. The lowest BCUT2D eigenvalue weighted by Gasteiger charge is -2.27. The highest BCUT2D eigenvalue weighted by molar-refractivity contribution is 7.80. The molecular formula is C10H19N3O2S. The van der Waals surface area contributed by atoms with Crippen molar-refractivity contribution in [1.82, 2.24) is 5.32 Å². The Kier molecular flexibility index (Phi) is 5.37. The highest BCUT2D eigenvalue weighted by Gasteiger charge is 2.35. The van der Waals surface area contributed by atoms with Crippen LogP contribution in [0.15, 0.2) is 0 Å². The monoisotopic (exact) mass is 245 g/mol. The Labute approximate surface area is 101 Å². The van der Waals surface area contributed by atoms with E-state index in [0.29, 0.717) is 6.42 Å². The number of amides is 2. The highest BCUT2D eigenvalue weighted by Crippen LogP contribution is 2.21. The van der Waals surface area contributed by atoms with Crippen LogP contribution in [0.3, 0.4) is 0 Å². The molecule has 0 fully saturated rings. The van der Waals surface area contributed by atoms with Gasteiger partial charge in [0, 0.05) is 12.5 Å². The van der Waals surface area contributed by atoms with E-state index in [2.05, 4.69) is 5.32 Å². The zero-order chi connectivity index (χ0) is 12.9. The highest BCUT2D eigenvalue weighted by atomic mass is 32.1. The molecule has 0 radical (unpaired) electrons. The third-order valence-electron chi connectivity index (χ3n) is 2.64. The lowest BCUT2D eigenvalue weighted by atomic mass is 9.86. The molecule has 2 unspecified atom stereocenters. The molecule has 2 atom stereocenters. The van der Waals surface area contributed by atoms with E-state index in [1.807, 2.05) is 6.92 Å². The SMILES string of the molecule is CCC(C)(C(=O)NC(C)CC(N)=O)C(N)=S. The molecule has 0 heterocycles. The zero-order valence-corrected chi connectivity index (χ0v) is 10.7. The molecule has 16 heavy (non-hydrogen) atoms. The molecule has 92 valence electrons. The van der Waals surface area contributed by atoms with Gasteiger partial charge in [0.05, 0.1) is 10.4 Å². The van der Waals surface area contributed by atoms with E-state index < -0.39 is 11.3 Å². The normalized spacial score (nSPS) is 15.9. The largest absolute Gasteiger partial charge is 0.392 e. The molecule has 0 aromatic rings. The van der Waals surface area contributed by atoms with Crippen molar-refractivity contribution >= 4 is 29.0 Å². The Morgan fingerprint density at radius 1 is 1.44 bits per heavy atom. The smallest absolute Gasteiger partial charge is 0.232 e. The number of primary amides is 1. The second-order valence-corrected chi connectivity index (χ2v) is 4.53. The van der Waals surface area contributed by atoms with Gasteiger partial charge in [0.2, 0.25) is 11.8 Å². The second-order valence-electron chi connectivity index (χ2n) is 4.09. The first-order valence-electron chi connectivity index (χ1n) is 5.13. The summed E-state index contributed by atoms with van der Waals surface area (Å²) in [6, 6.07) is -0.315. The number of hydrogen-bond donors (Lipinski definition) is 3. The maximum atomic E-state index is 11.9. The number of carbonyl (C=O) groups is 2. The van der Waals surface area contributed by atoms with Gasteiger partial charge in [-0.2, -0.15) is 0 Å². The van der Waals surface area contributed by atoms with Crippen LogP contribution in [0.1, 0.15) is 33.6 Å². The first-order valence-corrected chi connectivity index (χ1v) is 5.54. The molecule has 0 bridgehead atoms. The summed E-state index contributed by atoms with van der Waals surface area (Å²) in [5.41, 5.74) is 9.69. The van der Waals surface area contributed by atoms with E-state index in [1.54, 1.807) is 13.8 Å². The van der Waals surface area contributed by atoms with Crippen LogP contribution in [0.5, 0.6) is 0 Å². The first kappa shape index (κ1) is 14.8. The summed E-state index contributed by atoms with van der Waals surface area (Å²) in [4.78, 5) is 22.7. The summed E-state index contributed by atoms with van der Waals surface area (Å²) in [6.45, 7) is 5.22. The Bertz CT molecular complexity index is 306. The Hall–Kier alpha value is -1.17. The van der Waals surface area contributed by atoms with E-state index in [0.717, 1.165) is 0 Å². The van der Waals surface area contributed by atoms with Gasteiger partial charge < -0.3 is 16.8 Å². The van der Waals surface area contributed by atoms with Gasteiger partial charge in [0.1, 0.15) is 0 Å². The van der Waals surface area contributed by atoms with Gasteiger partial charge in [-0.05, 0) is 20.3 Å². The molecule has 5 N–H and O–H groups in total. The number of rotatable bonds is 6. The molecule has 5 nitrogen and oxygen atoms in total. The third kappa shape index (κ3) is 3.77. The van der Waals surface area contributed by atoms with Crippen LogP contribution >= 0.6 is 12.2 Å². The van der Waals surface area contributed by atoms with E-state index in [1.165, 1.54) is 0 Å². The van der Waals surface area contributed by atoms with Crippen molar-refractivity contribution in [1.29, 1.82) is 0 Å². The maximum absolute atomic E-state index is 11.9. The molecule has 0 aliphatic rings. The fourth-order valence-electron chi connectivity index (χ4n) is 1.18. The predicted molar refractivity (Wildman–Crippen MR) is 66.6 cm³/mol. The molecular weight excluding hydrogens is 226 g/mol. The van der Waals surface area contributed by atoms with E-state index in [9.17, 15) is 9.59 Å². The van der Waals surface area contributed by atoms with Crippen LogP contribution in [0.2, 0.25) is 0 Å². The summed E-state index contributed by atoms with van der Waals surface area (Å²) in [5, 5.41) is 2.68. The van der Waals surface area contributed by atoms with Crippen molar-refractivity contribution in [2.45, 2.75) is 39.7 Å². The van der Waals surface area contributed by atoms with Gasteiger partial charge in [-0.15, -0.1) is 0 Å². The van der Waals surface area contributed by atoms with Gasteiger partial charge in [0.25, 0.3) is 0 Å². The van der Waals surface area contributed by atoms with Crippen LogP contribution in [0.4, 0.5) is 0 Å². The van der Waals surface area contributed by atoms with Crippen LogP contribution < -0.4 is 16.8 Å². The fourth-order valence-corrected chi connectivity index (χ4v) is 1.42. The van der Waals surface area contributed by atoms with E-state index >= 15 is 0 Å². The Balaban J connectivity index is 4.55. The van der Waals surface area contributed by atoms with Gasteiger partial charge in [-0.25, -0.2) is 0 Å². The number of thiocarbonyl (C=S) groups is 1. The minimum absolute atomic E-state index is 0.100. The van der Waals surface area contributed by atoms with Gasteiger partial charge in [-0.1, -0.05) is 19.1 Å². The average molecular weight is 245 g/mol. The topological polar surface area (TPSA) is 98.2 Å². The van der Waals surface area contributed by atoms with Crippen molar-refractivity contribution < 1.29 is 9.59 Å². The summed E-state index contributed by atoms with van der Waals surface area (Å²) < 4.78 is 0. The van der Waals surface area contributed by atoms with Gasteiger partial charge in [-0.3, -0.25) is 9.59 Å². The summed E-state index contributed by atoms with van der Waals surface area (Å²) >= 11 is 4.87.